The molecule has 2 aliphatic heterocycles. The molecule has 0 aromatic heterocycles. The van der Waals surface area contributed by atoms with E-state index in [0.29, 0.717) is 10.8 Å². The average Bonchev–Trinajstić information content (AvgIpc) is 3.29. The maximum atomic E-state index is 12.6. The maximum absolute atomic E-state index is 12.6. The number of nitrogens with zero attached hydrogens (tertiary/aromatic N) is 4. The normalized spacial score (nSPS) is 18.9. The van der Waals surface area contributed by atoms with Gasteiger partial charge in [-0.1, -0.05) is 41.9 Å². The van der Waals surface area contributed by atoms with Crippen LogP contribution < -0.4 is 14.8 Å². The second-order valence-corrected chi connectivity index (χ2v) is 9.27. The van der Waals surface area contributed by atoms with Crippen molar-refractivity contribution >= 4 is 51.5 Å². The molecule has 0 saturated heterocycles. The molecule has 176 valence electrons. The zero-order valence-corrected chi connectivity index (χ0v) is 20.5. The van der Waals surface area contributed by atoms with E-state index in [4.69, 9.17) is 26.2 Å². The zero-order valence-electron chi connectivity index (χ0n) is 19.0. The minimum Gasteiger partial charge on any atom is -0.497 e. The number of carbonyl (C=O) groups is 1. The number of anilines is 2. The van der Waals surface area contributed by atoms with Gasteiger partial charge >= 0.3 is 5.97 Å². The molecule has 9 heteroatoms. The van der Waals surface area contributed by atoms with Gasteiger partial charge in [0.05, 0.1) is 31.3 Å². The summed E-state index contributed by atoms with van der Waals surface area (Å²) < 4.78 is 10.3. The molecule has 2 heterocycles. The molecule has 0 aliphatic carbocycles. The number of benzene rings is 3. The summed E-state index contributed by atoms with van der Waals surface area (Å²) in [6.45, 7) is 0. The number of rotatable bonds is 5. The minimum atomic E-state index is -0.991. The Balaban J connectivity index is 1.65. The summed E-state index contributed by atoms with van der Waals surface area (Å²) in [4.78, 5) is 11.6. The molecular formula is C26H21ClN4O3S. The van der Waals surface area contributed by atoms with Crippen molar-refractivity contribution in [3.63, 3.8) is 0 Å². The van der Waals surface area contributed by atoms with Gasteiger partial charge in [0, 0.05) is 10.6 Å². The summed E-state index contributed by atoms with van der Waals surface area (Å²) in [5.41, 5.74) is 3.25. The number of hydrogen-bond donors (Lipinski definition) is 0. The number of esters is 1. The third-order valence-corrected chi connectivity index (χ3v) is 7.00. The van der Waals surface area contributed by atoms with Crippen molar-refractivity contribution in [3.05, 3.63) is 102 Å². The van der Waals surface area contributed by atoms with E-state index in [9.17, 15) is 4.79 Å². The molecule has 0 bridgehead atoms. The Hall–Kier alpha value is -3.75. The number of halogens is 1. The second kappa shape index (κ2) is 9.48. The van der Waals surface area contributed by atoms with E-state index >= 15 is 0 Å². The van der Waals surface area contributed by atoms with Gasteiger partial charge in [-0.05, 0) is 72.4 Å². The van der Waals surface area contributed by atoms with Crippen molar-refractivity contribution in [1.29, 1.82) is 0 Å². The molecule has 1 spiro atoms. The molecule has 5 rings (SSSR count). The van der Waals surface area contributed by atoms with Crippen LogP contribution >= 0.6 is 23.4 Å². The lowest BCUT2D eigenvalue weighted by molar-refractivity contribution is -0.132. The lowest BCUT2D eigenvalue weighted by atomic mass is 10.1. The van der Waals surface area contributed by atoms with Crippen LogP contribution in [0.25, 0.3) is 0 Å². The highest BCUT2D eigenvalue weighted by atomic mass is 35.5. The fourth-order valence-electron chi connectivity index (χ4n) is 3.80. The summed E-state index contributed by atoms with van der Waals surface area (Å²) in [5.74, 6) is 0.202. The average molecular weight is 505 g/mol. The highest BCUT2D eigenvalue weighted by molar-refractivity contribution is 8.17. The first kappa shape index (κ1) is 23.0. The first-order valence-corrected chi connectivity index (χ1v) is 11.9. The maximum Gasteiger partial charge on any atom is 0.365 e. The molecule has 0 N–H and O–H groups in total. The number of hydrazone groups is 2. The van der Waals surface area contributed by atoms with Crippen LogP contribution in [0.5, 0.6) is 5.75 Å². The van der Waals surface area contributed by atoms with Crippen LogP contribution in [-0.2, 0) is 9.53 Å². The lowest BCUT2D eigenvalue weighted by Crippen LogP contribution is -2.53. The number of thioether (sulfide) groups is 1. The fourth-order valence-corrected chi connectivity index (χ4v) is 5.10. The second-order valence-electron chi connectivity index (χ2n) is 7.64. The van der Waals surface area contributed by atoms with E-state index in [-0.39, 0.29) is 5.04 Å². The summed E-state index contributed by atoms with van der Waals surface area (Å²) in [7, 11) is 2.96. The molecule has 0 saturated carbocycles. The van der Waals surface area contributed by atoms with Crippen LogP contribution in [-0.4, -0.2) is 35.9 Å². The van der Waals surface area contributed by atoms with Gasteiger partial charge in [-0.2, -0.15) is 10.2 Å². The Kier molecular flexibility index (Phi) is 6.23. The van der Waals surface area contributed by atoms with Gasteiger partial charge < -0.3 is 9.47 Å². The van der Waals surface area contributed by atoms with Gasteiger partial charge in [-0.15, -0.1) is 0 Å². The Bertz CT molecular complexity index is 1330. The van der Waals surface area contributed by atoms with Gasteiger partial charge in [0.2, 0.25) is 10.0 Å². The summed E-state index contributed by atoms with van der Waals surface area (Å²) in [6, 6.07) is 24.7. The van der Waals surface area contributed by atoms with Crippen LogP contribution in [0.4, 0.5) is 11.4 Å². The smallest absolute Gasteiger partial charge is 0.365 e. The lowest BCUT2D eigenvalue weighted by Gasteiger charge is -2.43. The van der Waals surface area contributed by atoms with Gasteiger partial charge in [-0.25, -0.2) is 14.8 Å². The van der Waals surface area contributed by atoms with E-state index in [1.165, 1.54) is 18.9 Å². The van der Waals surface area contributed by atoms with Crippen molar-refractivity contribution in [2.75, 3.05) is 24.2 Å². The third kappa shape index (κ3) is 4.26. The number of para-hydroxylation sites is 1. The predicted octanol–water partition coefficient (Wildman–Crippen LogP) is 5.52. The molecule has 7 nitrogen and oxygen atoms in total. The zero-order chi connectivity index (χ0) is 24.4. The van der Waals surface area contributed by atoms with Crippen molar-refractivity contribution in [3.8, 4) is 5.75 Å². The number of hydrogen-bond acceptors (Lipinski definition) is 8. The number of ether oxygens (including phenoxy) is 2. The molecule has 0 fully saturated rings. The monoisotopic (exact) mass is 504 g/mol. The van der Waals surface area contributed by atoms with Gasteiger partial charge in [0.1, 0.15) is 5.75 Å². The standard InChI is InChI=1S/C26H21ClN4O3S/c1-33-22-14-12-21(13-15-22)31-26(35-24(29-31)25(32)34-2)17-16-23(18-8-10-19(27)11-9-18)28-30(26)20-6-4-3-5-7-20/h3-17H,1-2H3/t26-/m0/s1. The van der Waals surface area contributed by atoms with Crippen molar-refractivity contribution in [2.24, 2.45) is 10.2 Å². The largest absolute Gasteiger partial charge is 0.497 e. The van der Waals surface area contributed by atoms with E-state index in [0.717, 1.165) is 22.6 Å². The predicted molar refractivity (Wildman–Crippen MR) is 141 cm³/mol. The number of methoxy groups -OCH3 is 2. The molecule has 2 aliphatic rings. The van der Waals surface area contributed by atoms with Crippen LogP contribution in [0.1, 0.15) is 5.56 Å². The van der Waals surface area contributed by atoms with E-state index in [2.05, 4.69) is 5.10 Å². The van der Waals surface area contributed by atoms with Gasteiger partial charge in [0.15, 0.2) is 0 Å². The fraction of sp³-hybridized carbons (Fsp3) is 0.115. The third-order valence-electron chi connectivity index (χ3n) is 5.53. The van der Waals surface area contributed by atoms with Crippen LogP contribution in [0.2, 0.25) is 5.02 Å². The van der Waals surface area contributed by atoms with Crippen LogP contribution in [0, 0.1) is 0 Å². The summed E-state index contributed by atoms with van der Waals surface area (Å²) in [6.07, 6.45) is 3.92. The van der Waals surface area contributed by atoms with E-state index in [1.54, 1.807) is 12.1 Å². The SMILES string of the molecule is COC(=O)C1=NN(c2ccc(OC)cc2)[C@@]2(C=CC(c3ccc(Cl)cc3)=NN2c2ccccc2)S1. The quantitative estimate of drug-likeness (QED) is 0.426. The highest BCUT2D eigenvalue weighted by Gasteiger charge is 2.51. The van der Waals surface area contributed by atoms with Crippen LogP contribution in [0.3, 0.4) is 0 Å². The molecular weight excluding hydrogens is 484 g/mol. The molecule has 0 amide bonds. The van der Waals surface area contributed by atoms with Gasteiger partial charge in [-0.3, -0.25) is 0 Å². The van der Waals surface area contributed by atoms with Crippen LogP contribution in [0.15, 0.2) is 101 Å². The van der Waals surface area contributed by atoms with Crippen molar-refractivity contribution < 1.29 is 14.3 Å². The Morgan fingerprint density at radius 2 is 1.54 bits per heavy atom. The Labute approximate surface area is 212 Å². The number of carbonyl (C=O) groups excluding carboxylic acids is 1. The molecule has 3 aromatic rings. The Morgan fingerprint density at radius 3 is 2.20 bits per heavy atom. The molecule has 0 unspecified atom stereocenters. The topological polar surface area (TPSA) is 66.7 Å². The molecule has 1 atom stereocenters. The van der Waals surface area contributed by atoms with Gasteiger partial charge in [0.25, 0.3) is 0 Å². The van der Waals surface area contributed by atoms with Crippen molar-refractivity contribution in [1.82, 2.24) is 0 Å². The minimum absolute atomic E-state index is 0.221. The summed E-state index contributed by atoms with van der Waals surface area (Å²) >= 11 is 7.36. The van der Waals surface area contributed by atoms with E-state index < -0.39 is 11.0 Å². The first-order valence-electron chi connectivity index (χ1n) is 10.7. The molecule has 0 radical (unpaired) electrons. The van der Waals surface area contributed by atoms with E-state index in [1.807, 2.05) is 96.0 Å². The summed E-state index contributed by atoms with van der Waals surface area (Å²) in [5, 5.41) is 14.2. The first-order chi connectivity index (χ1) is 17.0. The van der Waals surface area contributed by atoms with Crippen molar-refractivity contribution in [2.45, 2.75) is 4.99 Å². The number of allylic oxidation sites excluding steroid dienone is 1. The Morgan fingerprint density at radius 1 is 0.886 bits per heavy atom. The molecule has 3 aromatic carbocycles. The molecule has 35 heavy (non-hydrogen) atoms. The highest BCUT2D eigenvalue weighted by Crippen LogP contribution is 2.48.